The number of hydrogen-bond acceptors (Lipinski definition) is 3. The minimum atomic E-state index is -0.124. The Morgan fingerprint density at radius 1 is 1.21 bits per heavy atom. The summed E-state index contributed by atoms with van der Waals surface area (Å²) in [5, 5.41) is 0. The van der Waals surface area contributed by atoms with Gasteiger partial charge in [-0.3, -0.25) is 4.98 Å². The first-order valence-corrected chi connectivity index (χ1v) is 11.4. The maximum absolute atomic E-state index is 12.4. The van der Waals surface area contributed by atoms with Gasteiger partial charge < -0.3 is 9.64 Å². The molecule has 1 saturated heterocycles. The van der Waals surface area contributed by atoms with Crippen LogP contribution in [-0.4, -0.2) is 35.7 Å². The van der Waals surface area contributed by atoms with Crippen molar-refractivity contribution in [3.63, 3.8) is 0 Å². The van der Waals surface area contributed by atoms with Gasteiger partial charge >= 0.3 is 6.09 Å². The van der Waals surface area contributed by atoms with Crippen molar-refractivity contribution >= 4 is 11.7 Å². The molecule has 4 heteroatoms. The standard InChI is InChI=1S/C25H34N2O2/c1-24-13-11-21-18(20(24)9-8-19(24)17-6-4-14-26-16-17)7-10-22-25(21,2)12-5-15-27(22)23(28)29-3/h4,6,8,14,16,18,20-22H,5,7,9-13,15H2,1-3H3. The highest BCUT2D eigenvalue weighted by molar-refractivity contribution is 5.72. The fourth-order valence-electron chi connectivity index (χ4n) is 7.96. The van der Waals surface area contributed by atoms with Gasteiger partial charge in [-0.15, -0.1) is 0 Å². The van der Waals surface area contributed by atoms with Crippen LogP contribution in [0.3, 0.4) is 0 Å². The molecule has 3 aliphatic carbocycles. The van der Waals surface area contributed by atoms with Gasteiger partial charge in [-0.1, -0.05) is 26.0 Å². The smallest absolute Gasteiger partial charge is 0.409 e. The zero-order chi connectivity index (χ0) is 20.2. The number of carbonyl (C=O) groups is 1. The summed E-state index contributed by atoms with van der Waals surface area (Å²) in [4.78, 5) is 18.9. The van der Waals surface area contributed by atoms with Crippen molar-refractivity contribution in [1.82, 2.24) is 9.88 Å². The zero-order valence-corrected chi connectivity index (χ0v) is 18.1. The van der Waals surface area contributed by atoms with Gasteiger partial charge in [-0.05, 0) is 90.7 Å². The molecule has 0 radical (unpaired) electrons. The lowest BCUT2D eigenvalue weighted by Gasteiger charge is -2.62. The molecule has 0 N–H and O–H groups in total. The normalized spacial score (nSPS) is 41.1. The summed E-state index contributed by atoms with van der Waals surface area (Å²) in [6.07, 6.45) is 14.7. The number of rotatable bonds is 1. The number of likely N-dealkylation sites (tertiary alicyclic amines) is 1. The molecule has 4 nitrogen and oxygen atoms in total. The highest BCUT2D eigenvalue weighted by atomic mass is 16.5. The molecular weight excluding hydrogens is 360 g/mol. The summed E-state index contributed by atoms with van der Waals surface area (Å²) >= 11 is 0. The van der Waals surface area contributed by atoms with E-state index < -0.39 is 0 Å². The molecule has 1 aliphatic heterocycles. The SMILES string of the molecule is COC(=O)N1CCCC2(C)C3CCC4(C)C(c5cccnc5)=CCC4C3CCC12. The Bertz CT molecular complexity index is 821. The van der Waals surface area contributed by atoms with Gasteiger partial charge in [0.05, 0.1) is 7.11 Å². The summed E-state index contributed by atoms with van der Waals surface area (Å²) in [7, 11) is 1.52. The second kappa shape index (κ2) is 6.85. The number of ether oxygens (including phenoxy) is 1. The summed E-state index contributed by atoms with van der Waals surface area (Å²) < 4.78 is 5.14. The second-order valence-electron chi connectivity index (χ2n) is 10.3. The topological polar surface area (TPSA) is 42.4 Å². The number of allylic oxidation sites excluding steroid dienone is 2. The van der Waals surface area contributed by atoms with E-state index in [0.717, 1.165) is 31.2 Å². The summed E-state index contributed by atoms with van der Waals surface area (Å²) in [6, 6.07) is 4.64. The largest absolute Gasteiger partial charge is 0.453 e. The number of aromatic nitrogens is 1. The lowest BCUT2D eigenvalue weighted by atomic mass is 9.46. The van der Waals surface area contributed by atoms with Gasteiger partial charge in [0.1, 0.15) is 0 Å². The Balaban J connectivity index is 1.43. The fourth-order valence-corrected chi connectivity index (χ4v) is 7.96. The molecule has 2 heterocycles. The van der Waals surface area contributed by atoms with Crippen molar-refractivity contribution in [3.8, 4) is 0 Å². The predicted octanol–water partition coefficient (Wildman–Crippen LogP) is 5.55. The van der Waals surface area contributed by atoms with Crippen molar-refractivity contribution in [3.05, 3.63) is 36.2 Å². The van der Waals surface area contributed by atoms with E-state index in [1.165, 1.54) is 50.4 Å². The van der Waals surface area contributed by atoms with E-state index in [1.807, 2.05) is 12.4 Å². The first-order valence-electron chi connectivity index (χ1n) is 11.4. The van der Waals surface area contributed by atoms with E-state index in [4.69, 9.17) is 4.74 Å². The van der Waals surface area contributed by atoms with E-state index in [9.17, 15) is 4.79 Å². The monoisotopic (exact) mass is 394 g/mol. The average molecular weight is 395 g/mol. The minimum Gasteiger partial charge on any atom is -0.453 e. The highest BCUT2D eigenvalue weighted by Gasteiger charge is 2.59. The van der Waals surface area contributed by atoms with Gasteiger partial charge in [0.15, 0.2) is 0 Å². The number of fused-ring (bicyclic) bond motifs is 5. The molecule has 6 atom stereocenters. The number of amides is 1. The van der Waals surface area contributed by atoms with Crippen LogP contribution in [0.1, 0.15) is 64.4 Å². The molecule has 1 aromatic heterocycles. The molecule has 3 fully saturated rings. The Hall–Kier alpha value is -1.84. The quantitative estimate of drug-likeness (QED) is 0.627. The van der Waals surface area contributed by atoms with Gasteiger partial charge in [0, 0.05) is 25.0 Å². The van der Waals surface area contributed by atoms with Crippen LogP contribution in [0.15, 0.2) is 30.6 Å². The molecule has 0 aromatic carbocycles. The predicted molar refractivity (Wildman–Crippen MR) is 114 cm³/mol. The second-order valence-corrected chi connectivity index (χ2v) is 10.3. The molecule has 1 aromatic rings. The van der Waals surface area contributed by atoms with Gasteiger partial charge in [0.2, 0.25) is 0 Å². The molecule has 2 saturated carbocycles. The Morgan fingerprint density at radius 3 is 2.83 bits per heavy atom. The van der Waals surface area contributed by atoms with Crippen LogP contribution >= 0.6 is 0 Å². The number of nitrogens with zero attached hydrogens (tertiary/aromatic N) is 2. The Kier molecular flexibility index (Phi) is 4.52. The maximum Gasteiger partial charge on any atom is 0.409 e. The summed E-state index contributed by atoms with van der Waals surface area (Å²) in [6.45, 7) is 5.85. The molecule has 1 amide bonds. The molecular formula is C25H34N2O2. The van der Waals surface area contributed by atoms with Crippen LogP contribution in [0.5, 0.6) is 0 Å². The lowest BCUT2D eigenvalue weighted by molar-refractivity contribution is -0.109. The van der Waals surface area contributed by atoms with Crippen LogP contribution in [0, 0.1) is 28.6 Å². The average Bonchev–Trinajstić information content (AvgIpc) is 3.10. The Labute approximate surface area is 174 Å². The minimum absolute atomic E-state index is 0.124. The number of pyridine rings is 1. The first kappa shape index (κ1) is 19.1. The molecule has 0 bridgehead atoms. The maximum atomic E-state index is 12.4. The van der Waals surface area contributed by atoms with Crippen molar-refractivity contribution in [2.24, 2.45) is 28.6 Å². The van der Waals surface area contributed by atoms with E-state index in [2.05, 4.69) is 41.9 Å². The molecule has 0 spiro atoms. The van der Waals surface area contributed by atoms with Crippen molar-refractivity contribution in [2.75, 3.05) is 13.7 Å². The Morgan fingerprint density at radius 2 is 2.07 bits per heavy atom. The van der Waals surface area contributed by atoms with Crippen molar-refractivity contribution < 1.29 is 9.53 Å². The number of methoxy groups -OCH3 is 1. The molecule has 156 valence electrons. The van der Waals surface area contributed by atoms with Crippen LogP contribution in [0.25, 0.3) is 5.57 Å². The van der Waals surface area contributed by atoms with Crippen LogP contribution in [-0.2, 0) is 4.74 Å². The van der Waals surface area contributed by atoms with Crippen LogP contribution < -0.4 is 0 Å². The number of hydrogen-bond donors (Lipinski definition) is 0. The van der Waals surface area contributed by atoms with E-state index >= 15 is 0 Å². The van der Waals surface area contributed by atoms with E-state index in [1.54, 1.807) is 0 Å². The third kappa shape index (κ3) is 2.70. The molecule has 5 rings (SSSR count). The summed E-state index contributed by atoms with van der Waals surface area (Å²) in [5.41, 5.74) is 3.34. The number of piperidine rings is 1. The van der Waals surface area contributed by atoms with E-state index in [-0.39, 0.29) is 16.9 Å². The fraction of sp³-hybridized carbons (Fsp3) is 0.680. The van der Waals surface area contributed by atoms with Crippen LogP contribution in [0.4, 0.5) is 4.79 Å². The molecule has 6 unspecified atom stereocenters. The number of carbonyl (C=O) groups excluding carboxylic acids is 1. The molecule has 29 heavy (non-hydrogen) atoms. The van der Waals surface area contributed by atoms with Gasteiger partial charge in [-0.2, -0.15) is 0 Å². The van der Waals surface area contributed by atoms with Crippen molar-refractivity contribution in [2.45, 2.75) is 64.8 Å². The zero-order valence-electron chi connectivity index (χ0n) is 18.1. The van der Waals surface area contributed by atoms with Gasteiger partial charge in [-0.25, -0.2) is 4.79 Å². The third-order valence-corrected chi connectivity index (χ3v) is 9.27. The summed E-state index contributed by atoms with van der Waals surface area (Å²) in [5.74, 6) is 2.20. The lowest BCUT2D eigenvalue weighted by Crippen LogP contribution is -2.61. The van der Waals surface area contributed by atoms with E-state index in [0.29, 0.717) is 12.0 Å². The van der Waals surface area contributed by atoms with Crippen LogP contribution in [0.2, 0.25) is 0 Å². The highest BCUT2D eigenvalue weighted by Crippen LogP contribution is 2.66. The van der Waals surface area contributed by atoms with Gasteiger partial charge in [0.25, 0.3) is 0 Å². The third-order valence-electron chi connectivity index (χ3n) is 9.27. The molecule has 4 aliphatic rings. The van der Waals surface area contributed by atoms with Crippen molar-refractivity contribution in [1.29, 1.82) is 0 Å². The first-order chi connectivity index (χ1) is 14.0.